The van der Waals surface area contributed by atoms with E-state index in [2.05, 4.69) is 9.97 Å². The highest BCUT2D eigenvalue weighted by Gasteiger charge is 2.26. The number of oxazole rings is 1. The van der Waals surface area contributed by atoms with Crippen LogP contribution in [0.15, 0.2) is 51.7 Å². The van der Waals surface area contributed by atoms with Gasteiger partial charge in [0, 0.05) is 39.3 Å². The molecule has 0 bridgehead atoms. The predicted molar refractivity (Wildman–Crippen MR) is 135 cm³/mol. The van der Waals surface area contributed by atoms with Crippen molar-refractivity contribution < 1.29 is 24.5 Å². The van der Waals surface area contributed by atoms with Crippen molar-refractivity contribution in [2.24, 2.45) is 7.05 Å². The Morgan fingerprint density at radius 2 is 1.97 bits per heavy atom. The summed E-state index contributed by atoms with van der Waals surface area (Å²) in [6.45, 7) is 0.537. The zero-order valence-electron chi connectivity index (χ0n) is 20.5. The Morgan fingerprint density at radius 1 is 1.19 bits per heavy atom. The molecule has 37 heavy (non-hydrogen) atoms. The lowest BCUT2D eigenvalue weighted by Gasteiger charge is -2.31. The summed E-state index contributed by atoms with van der Waals surface area (Å²) in [5.41, 5.74) is 2.87. The first-order valence-corrected chi connectivity index (χ1v) is 11.8. The molecule has 11 nitrogen and oxygen atoms in total. The number of amides is 1. The molecular formula is C26H27N5O6. The topological polar surface area (TPSA) is 145 Å². The van der Waals surface area contributed by atoms with Crippen molar-refractivity contribution in [1.82, 2.24) is 19.4 Å². The first kappa shape index (κ1) is 24.5. The fourth-order valence-electron chi connectivity index (χ4n) is 4.52. The standard InChI is InChI=1S/C26H27N5O6/c1-29(13-18(33)14-32)24(35)16-8-7-15-9-10-31(12-17(15)11-16)26-28-21(22(34)25(36)30(26)2)23-27-19-5-3-4-6-20(19)37-23/h3-8,11,18,32-34H,9-10,12-14H2,1-2H3. The number of rotatable bonds is 6. The number of aromatic nitrogens is 3. The van der Waals surface area contributed by atoms with Gasteiger partial charge < -0.3 is 29.5 Å². The molecule has 1 amide bonds. The number of nitrogens with zero attached hydrogens (tertiary/aromatic N) is 5. The normalized spacial score (nSPS) is 14.0. The molecule has 4 aromatic rings. The molecule has 192 valence electrons. The largest absolute Gasteiger partial charge is 0.501 e. The Kier molecular flexibility index (Phi) is 6.40. The smallest absolute Gasteiger partial charge is 0.297 e. The van der Waals surface area contributed by atoms with Gasteiger partial charge in [0.05, 0.1) is 12.7 Å². The van der Waals surface area contributed by atoms with E-state index in [0.717, 1.165) is 11.1 Å². The van der Waals surface area contributed by atoms with Crippen molar-refractivity contribution in [1.29, 1.82) is 0 Å². The molecule has 0 aliphatic carbocycles. The summed E-state index contributed by atoms with van der Waals surface area (Å²) in [5, 5.41) is 29.3. The van der Waals surface area contributed by atoms with Crippen molar-refractivity contribution in [2.45, 2.75) is 19.1 Å². The molecule has 1 unspecified atom stereocenters. The van der Waals surface area contributed by atoms with E-state index in [1.54, 1.807) is 37.4 Å². The first-order chi connectivity index (χ1) is 17.8. The number of aliphatic hydroxyl groups is 2. The average molecular weight is 506 g/mol. The van der Waals surface area contributed by atoms with Crippen molar-refractivity contribution in [3.8, 4) is 17.3 Å². The molecule has 3 N–H and O–H groups in total. The van der Waals surface area contributed by atoms with E-state index in [9.17, 15) is 19.8 Å². The zero-order valence-corrected chi connectivity index (χ0v) is 20.5. The Hall–Kier alpha value is -4.22. The van der Waals surface area contributed by atoms with Gasteiger partial charge in [-0.25, -0.2) is 9.97 Å². The Morgan fingerprint density at radius 3 is 2.73 bits per heavy atom. The van der Waals surface area contributed by atoms with E-state index in [0.29, 0.717) is 42.1 Å². The van der Waals surface area contributed by atoms with E-state index in [1.807, 2.05) is 17.0 Å². The zero-order chi connectivity index (χ0) is 26.3. The summed E-state index contributed by atoms with van der Waals surface area (Å²) in [6, 6.07) is 12.6. The molecule has 0 saturated carbocycles. The summed E-state index contributed by atoms with van der Waals surface area (Å²) in [5.74, 6) is -0.432. The van der Waals surface area contributed by atoms with Crippen LogP contribution in [0, 0.1) is 0 Å². The number of para-hydroxylation sites is 2. The number of carbonyl (C=O) groups is 1. The van der Waals surface area contributed by atoms with Crippen LogP contribution in [-0.4, -0.2) is 73.5 Å². The monoisotopic (exact) mass is 505 g/mol. The molecule has 0 saturated heterocycles. The lowest BCUT2D eigenvalue weighted by atomic mass is 9.97. The van der Waals surface area contributed by atoms with Crippen molar-refractivity contribution in [3.63, 3.8) is 0 Å². The van der Waals surface area contributed by atoms with Gasteiger partial charge in [-0.3, -0.25) is 14.2 Å². The molecule has 2 aromatic heterocycles. The van der Waals surface area contributed by atoms with Gasteiger partial charge in [-0.2, -0.15) is 0 Å². The van der Waals surface area contributed by atoms with Crippen LogP contribution in [0.1, 0.15) is 21.5 Å². The fraction of sp³-hybridized carbons (Fsp3) is 0.308. The van der Waals surface area contributed by atoms with Crippen LogP contribution in [0.5, 0.6) is 5.75 Å². The van der Waals surface area contributed by atoms with Gasteiger partial charge in [0.2, 0.25) is 11.7 Å². The lowest BCUT2D eigenvalue weighted by Crippen LogP contribution is -2.37. The van der Waals surface area contributed by atoms with Crippen molar-refractivity contribution >= 4 is 23.0 Å². The van der Waals surface area contributed by atoms with Crippen LogP contribution in [0.3, 0.4) is 0 Å². The summed E-state index contributed by atoms with van der Waals surface area (Å²) in [6.07, 6.45) is -0.350. The second kappa shape index (κ2) is 9.68. The van der Waals surface area contributed by atoms with Gasteiger partial charge in [-0.1, -0.05) is 18.2 Å². The van der Waals surface area contributed by atoms with Gasteiger partial charge in [0.25, 0.3) is 17.4 Å². The number of carbonyl (C=O) groups excluding carboxylic acids is 1. The Labute approximate surface area is 211 Å². The first-order valence-electron chi connectivity index (χ1n) is 11.8. The average Bonchev–Trinajstić information content (AvgIpc) is 3.34. The maximum Gasteiger partial charge on any atom is 0.297 e. The van der Waals surface area contributed by atoms with Crippen LogP contribution < -0.4 is 10.5 Å². The van der Waals surface area contributed by atoms with Gasteiger partial charge in [-0.15, -0.1) is 0 Å². The minimum Gasteiger partial charge on any atom is -0.501 e. The van der Waals surface area contributed by atoms with E-state index in [1.165, 1.54) is 16.5 Å². The third-order valence-electron chi connectivity index (χ3n) is 6.53. The summed E-state index contributed by atoms with van der Waals surface area (Å²) < 4.78 is 7.04. The Balaban J connectivity index is 1.47. The molecule has 0 radical (unpaired) electrons. The van der Waals surface area contributed by atoms with Gasteiger partial charge in [0.1, 0.15) is 5.52 Å². The minimum absolute atomic E-state index is 0.0106. The quantitative estimate of drug-likeness (QED) is 0.353. The maximum absolute atomic E-state index is 12.9. The van der Waals surface area contributed by atoms with Crippen LogP contribution in [0.2, 0.25) is 0 Å². The van der Waals surface area contributed by atoms with E-state index < -0.39 is 24.0 Å². The molecule has 1 aliphatic rings. The van der Waals surface area contributed by atoms with Gasteiger partial charge in [0.15, 0.2) is 11.3 Å². The minimum atomic E-state index is -1.01. The molecular weight excluding hydrogens is 478 g/mol. The van der Waals surface area contributed by atoms with Gasteiger partial charge in [-0.05, 0) is 41.8 Å². The molecule has 5 rings (SSSR count). The number of benzene rings is 2. The van der Waals surface area contributed by atoms with Crippen LogP contribution in [0.25, 0.3) is 22.7 Å². The van der Waals surface area contributed by atoms with Crippen LogP contribution >= 0.6 is 0 Å². The maximum atomic E-state index is 12.9. The fourth-order valence-corrected chi connectivity index (χ4v) is 4.52. The molecule has 0 fully saturated rings. The second-order valence-corrected chi connectivity index (χ2v) is 9.14. The summed E-state index contributed by atoms with van der Waals surface area (Å²) in [7, 11) is 3.11. The molecule has 1 aliphatic heterocycles. The number of fused-ring (bicyclic) bond motifs is 2. The number of hydrogen-bond donors (Lipinski definition) is 3. The molecule has 0 spiro atoms. The molecule has 2 aromatic carbocycles. The number of aliphatic hydroxyl groups excluding tert-OH is 2. The van der Waals surface area contributed by atoms with Crippen molar-refractivity contribution in [3.05, 3.63) is 69.5 Å². The third-order valence-corrected chi connectivity index (χ3v) is 6.53. The second-order valence-electron chi connectivity index (χ2n) is 9.14. The van der Waals surface area contributed by atoms with Crippen LogP contribution in [0.4, 0.5) is 5.95 Å². The predicted octanol–water partition coefficient (Wildman–Crippen LogP) is 1.28. The lowest BCUT2D eigenvalue weighted by molar-refractivity contribution is 0.0520. The van der Waals surface area contributed by atoms with E-state index >= 15 is 0 Å². The molecule has 1 atom stereocenters. The number of hydrogen-bond acceptors (Lipinski definition) is 9. The number of likely N-dealkylation sites (N-methyl/N-ethyl adjacent to an activating group) is 1. The SMILES string of the molecule is CN(CC(O)CO)C(=O)c1ccc2c(c1)CN(c1nc(-c3nc4ccccc4o3)c(O)c(=O)n1C)CC2. The highest BCUT2D eigenvalue weighted by Crippen LogP contribution is 2.30. The highest BCUT2D eigenvalue weighted by molar-refractivity contribution is 5.94. The van der Waals surface area contributed by atoms with Crippen molar-refractivity contribution in [2.75, 3.05) is 31.6 Å². The summed E-state index contributed by atoms with van der Waals surface area (Å²) >= 11 is 0. The Bertz CT molecular complexity index is 1510. The highest BCUT2D eigenvalue weighted by atomic mass is 16.4. The molecule has 11 heteroatoms. The third kappa shape index (κ3) is 4.54. The molecule has 3 heterocycles. The van der Waals surface area contributed by atoms with Gasteiger partial charge >= 0.3 is 0 Å². The summed E-state index contributed by atoms with van der Waals surface area (Å²) in [4.78, 5) is 38.0. The number of aromatic hydroxyl groups is 1. The van der Waals surface area contributed by atoms with E-state index in [-0.39, 0.29) is 24.0 Å². The van der Waals surface area contributed by atoms with Crippen LogP contribution in [-0.2, 0) is 20.0 Å². The number of anilines is 1. The van der Waals surface area contributed by atoms with E-state index in [4.69, 9.17) is 9.52 Å².